The number of benzene rings is 2. The van der Waals surface area contributed by atoms with Crippen molar-refractivity contribution < 1.29 is 18.7 Å². The SMILES string of the molecule is CC(NC(=O)c1ccc(Cl)cc1)C(=O)NCC(c1ccc(F)cc1)N1CCOCC1. The summed E-state index contributed by atoms with van der Waals surface area (Å²) in [5.74, 6) is -0.947. The molecule has 2 amide bonds. The maximum atomic E-state index is 13.3. The van der Waals surface area contributed by atoms with Crippen molar-refractivity contribution in [1.29, 1.82) is 0 Å². The van der Waals surface area contributed by atoms with Crippen LogP contribution in [0.5, 0.6) is 0 Å². The predicted molar refractivity (Wildman–Crippen MR) is 113 cm³/mol. The second-order valence-corrected chi connectivity index (χ2v) is 7.60. The highest BCUT2D eigenvalue weighted by molar-refractivity contribution is 6.30. The summed E-state index contributed by atoms with van der Waals surface area (Å²) in [5.41, 5.74) is 1.34. The lowest BCUT2D eigenvalue weighted by atomic mass is 10.0. The Hall–Kier alpha value is -2.48. The second kappa shape index (κ2) is 10.5. The van der Waals surface area contributed by atoms with E-state index in [-0.39, 0.29) is 23.7 Å². The molecule has 1 heterocycles. The number of hydrogen-bond acceptors (Lipinski definition) is 4. The standard InChI is InChI=1S/C22H25ClFN3O3/c1-15(26-22(29)17-2-6-18(23)7-3-17)21(28)25-14-20(27-10-12-30-13-11-27)16-4-8-19(24)9-5-16/h2-9,15,20H,10-14H2,1H3,(H,25,28)(H,26,29). The first-order valence-corrected chi connectivity index (χ1v) is 10.2. The largest absolute Gasteiger partial charge is 0.379 e. The van der Waals surface area contributed by atoms with Crippen LogP contribution in [0.25, 0.3) is 0 Å². The average molecular weight is 434 g/mol. The molecule has 2 unspecified atom stereocenters. The molecule has 30 heavy (non-hydrogen) atoms. The minimum atomic E-state index is -0.716. The summed E-state index contributed by atoms with van der Waals surface area (Å²) >= 11 is 5.84. The molecule has 160 valence electrons. The van der Waals surface area contributed by atoms with Crippen LogP contribution in [0.2, 0.25) is 5.02 Å². The van der Waals surface area contributed by atoms with E-state index in [0.29, 0.717) is 30.3 Å². The smallest absolute Gasteiger partial charge is 0.251 e. The van der Waals surface area contributed by atoms with Gasteiger partial charge in [-0.05, 0) is 48.9 Å². The van der Waals surface area contributed by atoms with Gasteiger partial charge < -0.3 is 15.4 Å². The van der Waals surface area contributed by atoms with E-state index in [1.165, 1.54) is 12.1 Å². The number of carbonyl (C=O) groups excluding carboxylic acids is 2. The molecule has 0 spiro atoms. The van der Waals surface area contributed by atoms with Crippen LogP contribution in [-0.4, -0.2) is 55.6 Å². The normalized spacial score (nSPS) is 16.5. The van der Waals surface area contributed by atoms with Gasteiger partial charge in [-0.3, -0.25) is 14.5 Å². The Labute approximate surface area is 180 Å². The predicted octanol–water partition coefficient (Wildman–Crippen LogP) is 2.79. The van der Waals surface area contributed by atoms with Crippen LogP contribution >= 0.6 is 11.6 Å². The Bertz CT molecular complexity index is 855. The van der Waals surface area contributed by atoms with Gasteiger partial charge in [0.1, 0.15) is 11.9 Å². The number of hydrogen-bond donors (Lipinski definition) is 2. The van der Waals surface area contributed by atoms with Gasteiger partial charge in [-0.2, -0.15) is 0 Å². The molecule has 1 saturated heterocycles. The number of carbonyl (C=O) groups is 2. The van der Waals surface area contributed by atoms with E-state index >= 15 is 0 Å². The van der Waals surface area contributed by atoms with Crippen molar-refractivity contribution in [1.82, 2.24) is 15.5 Å². The third kappa shape index (κ3) is 6.01. The quantitative estimate of drug-likeness (QED) is 0.704. The van der Waals surface area contributed by atoms with E-state index in [2.05, 4.69) is 15.5 Å². The molecular formula is C22H25ClFN3O3. The lowest BCUT2D eigenvalue weighted by molar-refractivity contribution is -0.122. The van der Waals surface area contributed by atoms with Crippen molar-refractivity contribution in [2.75, 3.05) is 32.8 Å². The van der Waals surface area contributed by atoms with Crippen LogP contribution in [0, 0.1) is 5.82 Å². The number of morpholine rings is 1. The highest BCUT2D eigenvalue weighted by atomic mass is 35.5. The van der Waals surface area contributed by atoms with Crippen molar-refractivity contribution in [2.45, 2.75) is 19.0 Å². The topological polar surface area (TPSA) is 70.7 Å². The third-order valence-corrected chi connectivity index (χ3v) is 5.31. The van der Waals surface area contributed by atoms with Crippen molar-refractivity contribution in [3.05, 3.63) is 70.5 Å². The fraction of sp³-hybridized carbons (Fsp3) is 0.364. The Kier molecular flexibility index (Phi) is 7.79. The third-order valence-electron chi connectivity index (χ3n) is 5.06. The first-order valence-electron chi connectivity index (χ1n) is 9.85. The summed E-state index contributed by atoms with van der Waals surface area (Å²) in [5, 5.41) is 6.13. The van der Waals surface area contributed by atoms with E-state index in [9.17, 15) is 14.0 Å². The fourth-order valence-corrected chi connectivity index (χ4v) is 3.45. The maximum Gasteiger partial charge on any atom is 0.251 e. The molecule has 2 aromatic rings. The zero-order chi connectivity index (χ0) is 21.5. The van der Waals surface area contributed by atoms with Crippen molar-refractivity contribution >= 4 is 23.4 Å². The molecule has 1 aliphatic rings. The molecule has 0 radical (unpaired) electrons. The highest BCUT2D eigenvalue weighted by Gasteiger charge is 2.24. The van der Waals surface area contributed by atoms with Crippen LogP contribution in [0.1, 0.15) is 28.9 Å². The number of rotatable bonds is 7. The lowest BCUT2D eigenvalue weighted by Gasteiger charge is -2.35. The van der Waals surface area contributed by atoms with Gasteiger partial charge in [0.25, 0.3) is 5.91 Å². The van der Waals surface area contributed by atoms with Crippen LogP contribution in [0.4, 0.5) is 4.39 Å². The number of ether oxygens (including phenoxy) is 1. The van der Waals surface area contributed by atoms with Crippen LogP contribution in [-0.2, 0) is 9.53 Å². The zero-order valence-corrected chi connectivity index (χ0v) is 17.5. The molecule has 0 aliphatic carbocycles. The molecule has 2 N–H and O–H groups in total. The molecule has 8 heteroatoms. The van der Waals surface area contributed by atoms with Crippen LogP contribution in [0.15, 0.2) is 48.5 Å². The van der Waals surface area contributed by atoms with Gasteiger partial charge in [0.15, 0.2) is 0 Å². The monoisotopic (exact) mass is 433 g/mol. The fourth-order valence-electron chi connectivity index (χ4n) is 3.33. The average Bonchev–Trinajstić information content (AvgIpc) is 2.76. The Morgan fingerprint density at radius 3 is 2.37 bits per heavy atom. The van der Waals surface area contributed by atoms with E-state index in [4.69, 9.17) is 16.3 Å². The number of nitrogens with zero attached hydrogens (tertiary/aromatic N) is 1. The zero-order valence-electron chi connectivity index (χ0n) is 16.7. The van der Waals surface area contributed by atoms with Gasteiger partial charge >= 0.3 is 0 Å². The van der Waals surface area contributed by atoms with Gasteiger partial charge in [0.05, 0.1) is 19.3 Å². The molecular weight excluding hydrogens is 409 g/mol. The summed E-state index contributed by atoms with van der Waals surface area (Å²) < 4.78 is 18.8. The molecule has 0 saturated carbocycles. The molecule has 2 atom stereocenters. The van der Waals surface area contributed by atoms with E-state index in [0.717, 1.165) is 18.7 Å². The Morgan fingerprint density at radius 1 is 1.10 bits per heavy atom. The van der Waals surface area contributed by atoms with Crippen molar-refractivity contribution in [3.8, 4) is 0 Å². The van der Waals surface area contributed by atoms with Crippen molar-refractivity contribution in [2.24, 2.45) is 0 Å². The van der Waals surface area contributed by atoms with Gasteiger partial charge in [-0.1, -0.05) is 23.7 Å². The Morgan fingerprint density at radius 2 is 1.73 bits per heavy atom. The minimum absolute atomic E-state index is 0.113. The van der Waals surface area contributed by atoms with Gasteiger partial charge in [-0.25, -0.2) is 4.39 Å². The summed E-state index contributed by atoms with van der Waals surface area (Å²) in [6.07, 6.45) is 0. The molecule has 6 nitrogen and oxygen atoms in total. The molecule has 0 aromatic heterocycles. The first kappa shape index (κ1) is 22.2. The number of amides is 2. The minimum Gasteiger partial charge on any atom is -0.379 e. The summed E-state index contributed by atoms with van der Waals surface area (Å²) in [7, 11) is 0. The molecule has 2 aromatic carbocycles. The van der Waals surface area contributed by atoms with E-state index in [1.807, 2.05) is 0 Å². The molecule has 1 fully saturated rings. The maximum absolute atomic E-state index is 13.3. The van der Waals surface area contributed by atoms with Gasteiger partial charge in [0, 0.05) is 30.2 Å². The highest BCUT2D eigenvalue weighted by Crippen LogP contribution is 2.21. The van der Waals surface area contributed by atoms with Crippen molar-refractivity contribution in [3.63, 3.8) is 0 Å². The van der Waals surface area contributed by atoms with E-state index < -0.39 is 6.04 Å². The summed E-state index contributed by atoms with van der Waals surface area (Å²) in [4.78, 5) is 27.1. The first-order chi connectivity index (χ1) is 14.4. The molecule has 3 rings (SSSR count). The van der Waals surface area contributed by atoms with Crippen LogP contribution in [0.3, 0.4) is 0 Å². The Balaban J connectivity index is 1.60. The second-order valence-electron chi connectivity index (χ2n) is 7.16. The van der Waals surface area contributed by atoms with Crippen LogP contribution < -0.4 is 10.6 Å². The molecule has 0 bridgehead atoms. The summed E-state index contributed by atoms with van der Waals surface area (Å²) in [6.45, 7) is 4.64. The number of halogens is 2. The number of nitrogens with one attached hydrogen (secondary N) is 2. The molecule has 1 aliphatic heterocycles. The summed E-state index contributed by atoms with van der Waals surface area (Å²) in [6, 6.07) is 11.9. The lowest BCUT2D eigenvalue weighted by Crippen LogP contribution is -2.48. The van der Waals surface area contributed by atoms with E-state index in [1.54, 1.807) is 43.3 Å². The van der Waals surface area contributed by atoms with Gasteiger partial charge in [-0.15, -0.1) is 0 Å². The van der Waals surface area contributed by atoms with Gasteiger partial charge in [0.2, 0.25) is 5.91 Å².